The van der Waals surface area contributed by atoms with Crippen molar-refractivity contribution in [3.63, 3.8) is 0 Å². The summed E-state index contributed by atoms with van der Waals surface area (Å²) in [5, 5.41) is 3.11. The summed E-state index contributed by atoms with van der Waals surface area (Å²) in [6.45, 7) is 8.23. The number of benzene rings is 1. The first kappa shape index (κ1) is 20.6. The fourth-order valence-electron chi connectivity index (χ4n) is 5.45. The molecular formula is C22H29ClFN3O2. The zero-order chi connectivity index (χ0) is 20.8. The van der Waals surface area contributed by atoms with Crippen LogP contribution < -0.4 is 5.32 Å². The van der Waals surface area contributed by atoms with Crippen LogP contribution in [0.4, 0.5) is 4.39 Å². The second kappa shape index (κ2) is 7.55. The molecule has 4 rings (SSSR count). The first-order valence-electron chi connectivity index (χ1n) is 10.4. The fourth-order valence-corrected chi connectivity index (χ4v) is 5.67. The number of nitrogens with one attached hydrogen (secondary N) is 1. The van der Waals surface area contributed by atoms with Crippen LogP contribution in [0.5, 0.6) is 0 Å². The molecule has 2 heterocycles. The molecule has 3 aliphatic rings. The van der Waals surface area contributed by atoms with Crippen molar-refractivity contribution in [3.8, 4) is 0 Å². The van der Waals surface area contributed by atoms with Gasteiger partial charge in [0.15, 0.2) is 0 Å². The quantitative estimate of drug-likeness (QED) is 0.793. The van der Waals surface area contributed by atoms with Gasteiger partial charge >= 0.3 is 0 Å². The van der Waals surface area contributed by atoms with Crippen molar-refractivity contribution < 1.29 is 14.0 Å². The van der Waals surface area contributed by atoms with Gasteiger partial charge in [0.2, 0.25) is 5.91 Å². The van der Waals surface area contributed by atoms with Crippen LogP contribution in [-0.4, -0.2) is 59.9 Å². The van der Waals surface area contributed by atoms with Crippen LogP contribution in [0.1, 0.15) is 49.9 Å². The third-order valence-corrected chi connectivity index (χ3v) is 7.02. The molecule has 1 saturated carbocycles. The fraction of sp³-hybridized carbons (Fsp3) is 0.636. The number of hydrogen-bond donors (Lipinski definition) is 1. The minimum Gasteiger partial charge on any atom is -0.352 e. The van der Waals surface area contributed by atoms with Gasteiger partial charge in [-0.1, -0.05) is 11.6 Å². The average Bonchev–Trinajstić information content (AvgIpc) is 2.92. The summed E-state index contributed by atoms with van der Waals surface area (Å²) in [5.41, 5.74) is 0.561. The smallest absolute Gasteiger partial charge is 0.251 e. The van der Waals surface area contributed by atoms with E-state index in [0.717, 1.165) is 45.3 Å². The Bertz CT molecular complexity index is 794. The predicted octanol–water partition coefficient (Wildman–Crippen LogP) is 3.32. The molecule has 2 saturated heterocycles. The van der Waals surface area contributed by atoms with Gasteiger partial charge in [0.1, 0.15) is 5.82 Å². The Kier molecular flexibility index (Phi) is 5.36. The van der Waals surface area contributed by atoms with Crippen molar-refractivity contribution in [1.29, 1.82) is 0 Å². The molecule has 0 atom stereocenters. The van der Waals surface area contributed by atoms with E-state index in [9.17, 15) is 14.0 Å². The predicted molar refractivity (Wildman–Crippen MR) is 110 cm³/mol. The molecule has 1 aromatic rings. The molecule has 2 amide bonds. The standard InChI is InChI=1S/C22H29ClFN3O2/c1-21(2)4-3-5-27(21)19(28)12-26-13-22(14-26)9-15(10-22)11-25-20(29)16-6-17(23)8-18(24)7-16/h6-8,15H,3-5,9-14H2,1-2H3,(H,25,29). The molecule has 0 unspecified atom stereocenters. The largest absolute Gasteiger partial charge is 0.352 e. The summed E-state index contributed by atoms with van der Waals surface area (Å²) in [5.74, 6) is -0.106. The molecule has 29 heavy (non-hydrogen) atoms. The lowest BCUT2D eigenvalue weighted by molar-refractivity contribution is -0.144. The molecule has 1 spiro atoms. The molecule has 1 aliphatic carbocycles. The van der Waals surface area contributed by atoms with E-state index in [-0.39, 0.29) is 27.9 Å². The Morgan fingerprint density at radius 3 is 2.59 bits per heavy atom. The number of rotatable bonds is 5. The van der Waals surface area contributed by atoms with E-state index in [1.165, 1.54) is 18.2 Å². The first-order chi connectivity index (χ1) is 13.7. The van der Waals surface area contributed by atoms with Gasteiger partial charge in [-0.15, -0.1) is 0 Å². The number of amides is 2. The highest BCUT2D eigenvalue weighted by Crippen LogP contribution is 2.51. The van der Waals surface area contributed by atoms with Crippen molar-refractivity contribution >= 4 is 23.4 Å². The number of carbonyl (C=O) groups is 2. The Balaban J connectivity index is 1.18. The maximum Gasteiger partial charge on any atom is 0.251 e. The Labute approximate surface area is 176 Å². The summed E-state index contributed by atoms with van der Waals surface area (Å²) in [7, 11) is 0. The second-order valence-electron chi connectivity index (χ2n) is 9.75. The van der Waals surface area contributed by atoms with E-state index in [4.69, 9.17) is 11.6 Å². The van der Waals surface area contributed by atoms with E-state index < -0.39 is 5.82 Å². The minimum atomic E-state index is -0.508. The van der Waals surface area contributed by atoms with Crippen LogP contribution in [0.15, 0.2) is 18.2 Å². The van der Waals surface area contributed by atoms with Gasteiger partial charge in [-0.25, -0.2) is 4.39 Å². The Morgan fingerprint density at radius 2 is 1.97 bits per heavy atom. The Hall–Kier alpha value is -1.66. The summed E-state index contributed by atoms with van der Waals surface area (Å²) >= 11 is 5.81. The molecular weight excluding hydrogens is 393 g/mol. The second-order valence-corrected chi connectivity index (χ2v) is 10.2. The molecule has 0 aromatic heterocycles. The van der Waals surface area contributed by atoms with Gasteiger partial charge in [-0.2, -0.15) is 0 Å². The molecule has 3 fully saturated rings. The number of halogens is 2. The van der Waals surface area contributed by atoms with E-state index >= 15 is 0 Å². The van der Waals surface area contributed by atoms with Crippen molar-refractivity contribution in [2.75, 3.05) is 32.7 Å². The lowest BCUT2D eigenvalue weighted by atomic mass is 9.57. The zero-order valence-corrected chi connectivity index (χ0v) is 17.9. The number of likely N-dealkylation sites (tertiary alicyclic amines) is 2. The van der Waals surface area contributed by atoms with Gasteiger partial charge in [0, 0.05) is 42.3 Å². The molecule has 2 aliphatic heterocycles. The molecule has 1 N–H and O–H groups in total. The van der Waals surface area contributed by atoms with E-state index in [1.54, 1.807) is 0 Å². The van der Waals surface area contributed by atoms with Crippen LogP contribution in [0.25, 0.3) is 0 Å². The minimum absolute atomic E-state index is 0.00863. The normalized spacial score (nSPS) is 23.0. The van der Waals surface area contributed by atoms with Crippen molar-refractivity contribution in [2.45, 2.75) is 45.1 Å². The van der Waals surface area contributed by atoms with Gasteiger partial charge in [0.05, 0.1) is 6.54 Å². The highest BCUT2D eigenvalue weighted by atomic mass is 35.5. The Morgan fingerprint density at radius 1 is 1.24 bits per heavy atom. The third kappa shape index (κ3) is 4.29. The number of hydrogen-bond acceptors (Lipinski definition) is 3. The van der Waals surface area contributed by atoms with Crippen molar-refractivity contribution in [1.82, 2.24) is 15.1 Å². The van der Waals surface area contributed by atoms with Gasteiger partial charge in [0.25, 0.3) is 5.91 Å². The van der Waals surface area contributed by atoms with Gasteiger partial charge < -0.3 is 10.2 Å². The number of carbonyl (C=O) groups excluding carboxylic acids is 2. The molecule has 5 nitrogen and oxygen atoms in total. The van der Waals surface area contributed by atoms with E-state index in [1.807, 2.05) is 4.90 Å². The van der Waals surface area contributed by atoms with E-state index in [0.29, 0.717) is 24.4 Å². The third-order valence-electron chi connectivity index (χ3n) is 6.80. The maximum absolute atomic E-state index is 13.4. The topological polar surface area (TPSA) is 52.7 Å². The van der Waals surface area contributed by atoms with Crippen LogP contribution >= 0.6 is 11.6 Å². The van der Waals surface area contributed by atoms with Crippen LogP contribution in [0.2, 0.25) is 5.02 Å². The monoisotopic (exact) mass is 421 g/mol. The lowest BCUT2D eigenvalue weighted by Gasteiger charge is -2.59. The first-order valence-corrected chi connectivity index (χ1v) is 10.8. The van der Waals surface area contributed by atoms with E-state index in [2.05, 4.69) is 24.1 Å². The summed E-state index contributed by atoms with van der Waals surface area (Å²) in [6, 6.07) is 3.86. The van der Waals surface area contributed by atoms with Gasteiger partial charge in [-0.05, 0) is 69.1 Å². The average molecular weight is 422 g/mol. The molecule has 7 heteroatoms. The van der Waals surface area contributed by atoms with Crippen LogP contribution in [0, 0.1) is 17.2 Å². The highest BCUT2D eigenvalue weighted by Gasteiger charge is 2.52. The van der Waals surface area contributed by atoms with Gasteiger partial charge in [-0.3, -0.25) is 14.5 Å². The molecule has 0 radical (unpaired) electrons. The SMILES string of the molecule is CC1(C)CCCN1C(=O)CN1CC2(CC(CNC(=O)c3cc(F)cc(Cl)c3)C2)C1. The number of nitrogens with zero attached hydrogens (tertiary/aromatic N) is 2. The molecule has 158 valence electrons. The lowest BCUT2D eigenvalue weighted by Crippen LogP contribution is -2.65. The maximum atomic E-state index is 13.4. The van der Waals surface area contributed by atoms with Crippen LogP contribution in [-0.2, 0) is 4.79 Å². The summed E-state index contributed by atoms with van der Waals surface area (Å²) in [4.78, 5) is 29.1. The van der Waals surface area contributed by atoms with Crippen LogP contribution in [0.3, 0.4) is 0 Å². The zero-order valence-electron chi connectivity index (χ0n) is 17.1. The molecule has 1 aromatic carbocycles. The van der Waals surface area contributed by atoms with Crippen molar-refractivity contribution in [2.24, 2.45) is 11.3 Å². The summed E-state index contributed by atoms with van der Waals surface area (Å²) < 4.78 is 13.4. The summed E-state index contributed by atoms with van der Waals surface area (Å²) in [6.07, 6.45) is 4.31. The van der Waals surface area contributed by atoms with Crippen molar-refractivity contribution in [3.05, 3.63) is 34.6 Å². The molecule has 0 bridgehead atoms. The highest BCUT2D eigenvalue weighted by molar-refractivity contribution is 6.31.